The van der Waals surface area contributed by atoms with Crippen LogP contribution in [0.2, 0.25) is 0 Å². The number of Topliss-reactive ketones (excluding diaryl/α,β-unsaturated/α-hetero) is 1. The lowest BCUT2D eigenvalue weighted by atomic mass is 9.75. The molecule has 1 aliphatic carbocycles. The largest absolute Gasteiger partial charge is 0.416 e. The van der Waals surface area contributed by atoms with Gasteiger partial charge >= 0.3 is 12.4 Å². The van der Waals surface area contributed by atoms with E-state index in [4.69, 9.17) is 0 Å². The fourth-order valence-electron chi connectivity index (χ4n) is 3.93. The maximum Gasteiger partial charge on any atom is 0.416 e. The molecule has 0 spiro atoms. The van der Waals surface area contributed by atoms with Crippen LogP contribution in [0.25, 0.3) is 0 Å². The van der Waals surface area contributed by atoms with Crippen LogP contribution < -0.4 is 5.32 Å². The number of benzene rings is 2. The van der Waals surface area contributed by atoms with E-state index in [1.165, 1.54) is 31.2 Å². The predicted octanol–water partition coefficient (Wildman–Crippen LogP) is 6.12. The smallest absolute Gasteiger partial charge is 0.346 e. The first-order valence-corrected chi connectivity index (χ1v) is 10.1. The van der Waals surface area contributed by atoms with Crippen LogP contribution in [0.1, 0.15) is 60.8 Å². The third kappa shape index (κ3) is 5.54. The third-order valence-corrected chi connectivity index (χ3v) is 5.92. The summed E-state index contributed by atoms with van der Waals surface area (Å²) >= 11 is 0. The van der Waals surface area contributed by atoms with E-state index in [-0.39, 0.29) is 37.5 Å². The number of halogens is 7. The molecule has 3 nitrogen and oxygen atoms in total. The van der Waals surface area contributed by atoms with Gasteiger partial charge in [-0.2, -0.15) is 26.3 Å². The van der Waals surface area contributed by atoms with Gasteiger partial charge in [-0.3, -0.25) is 9.59 Å². The summed E-state index contributed by atoms with van der Waals surface area (Å²) < 4.78 is 92.6. The van der Waals surface area contributed by atoms with Gasteiger partial charge < -0.3 is 5.32 Å². The minimum Gasteiger partial charge on any atom is -0.346 e. The van der Waals surface area contributed by atoms with Crippen LogP contribution in [-0.4, -0.2) is 11.7 Å². The Hall–Kier alpha value is -2.91. The fourth-order valence-corrected chi connectivity index (χ4v) is 3.93. The highest BCUT2D eigenvalue weighted by atomic mass is 19.4. The highest BCUT2D eigenvalue weighted by Gasteiger charge is 2.40. The Labute approximate surface area is 185 Å². The van der Waals surface area contributed by atoms with Crippen LogP contribution in [0.15, 0.2) is 42.5 Å². The first-order chi connectivity index (χ1) is 15.2. The van der Waals surface area contributed by atoms with Crippen molar-refractivity contribution in [3.05, 3.63) is 70.5 Å². The molecule has 1 unspecified atom stereocenters. The number of carbonyl (C=O) groups is 2. The molecule has 33 heavy (non-hydrogen) atoms. The van der Waals surface area contributed by atoms with Crippen molar-refractivity contribution in [2.75, 3.05) is 0 Å². The highest BCUT2D eigenvalue weighted by molar-refractivity contribution is 5.85. The molecule has 0 aromatic heterocycles. The van der Waals surface area contributed by atoms with E-state index >= 15 is 0 Å². The molecular formula is C23H20F7NO2. The third-order valence-electron chi connectivity index (χ3n) is 5.92. The van der Waals surface area contributed by atoms with E-state index in [0.29, 0.717) is 17.7 Å². The van der Waals surface area contributed by atoms with Gasteiger partial charge in [0, 0.05) is 12.8 Å². The van der Waals surface area contributed by atoms with Crippen LogP contribution in [0.4, 0.5) is 30.7 Å². The van der Waals surface area contributed by atoms with Gasteiger partial charge in [0.25, 0.3) is 0 Å². The SMILES string of the molecule is CC(C(=O)NC1(c2ccc(F)cc2)CCC(=O)CC1)c1cc(C(F)(F)F)cc(C(F)(F)F)c1. The van der Waals surface area contributed by atoms with Gasteiger partial charge in [0.15, 0.2) is 0 Å². The first kappa shape index (κ1) is 24.7. The van der Waals surface area contributed by atoms with Crippen molar-refractivity contribution in [1.82, 2.24) is 5.32 Å². The molecule has 1 aliphatic rings. The number of hydrogen-bond acceptors (Lipinski definition) is 2. The Bertz CT molecular complexity index is 1000. The molecule has 1 N–H and O–H groups in total. The molecule has 178 valence electrons. The van der Waals surface area contributed by atoms with Crippen LogP contribution in [0.5, 0.6) is 0 Å². The van der Waals surface area contributed by atoms with Crippen molar-refractivity contribution in [1.29, 1.82) is 0 Å². The Balaban J connectivity index is 1.96. The van der Waals surface area contributed by atoms with Crippen molar-refractivity contribution in [3.8, 4) is 0 Å². The van der Waals surface area contributed by atoms with Gasteiger partial charge in [-0.25, -0.2) is 4.39 Å². The number of ketones is 1. The zero-order valence-corrected chi connectivity index (χ0v) is 17.4. The minimum atomic E-state index is -5.04. The van der Waals surface area contributed by atoms with Crippen molar-refractivity contribution in [2.45, 2.75) is 56.4 Å². The maximum absolute atomic E-state index is 13.4. The van der Waals surface area contributed by atoms with Gasteiger partial charge in [0.1, 0.15) is 11.6 Å². The normalized spacial score (nSPS) is 17.5. The zero-order chi connectivity index (χ0) is 24.6. The summed E-state index contributed by atoms with van der Waals surface area (Å²) in [5.41, 5.74) is -4.07. The lowest BCUT2D eigenvalue weighted by molar-refractivity contribution is -0.143. The topological polar surface area (TPSA) is 46.2 Å². The fraction of sp³-hybridized carbons (Fsp3) is 0.391. The molecule has 0 aliphatic heterocycles. The zero-order valence-electron chi connectivity index (χ0n) is 17.4. The summed E-state index contributed by atoms with van der Waals surface area (Å²) in [7, 11) is 0. The minimum absolute atomic E-state index is 0.000872. The number of carbonyl (C=O) groups excluding carboxylic acids is 2. The molecule has 0 radical (unpaired) electrons. The maximum atomic E-state index is 13.4. The van der Waals surface area contributed by atoms with Crippen LogP contribution in [0.3, 0.4) is 0 Å². The highest BCUT2D eigenvalue weighted by Crippen LogP contribution is 2.39. The summed E-state index contributed by atoms with van der Waals surface area (Å²) in [6.45, 7) is 1.21. The first-order valence-electron chi connectivity index (χ1n) is 10.1. The van der Waals surface area contributed by atoms with E-state index in [9.17, 15) is 40.3 Å². The molecule has 3 rings (SSSR count). The quantitative estimate of drug-likeness (QED) is 0.542. The van der Waals surface area contributed by atoms with Crippen molar-refractivity contribution < 1.29 is 40.3 Å². The van der Waals surface area contributed by atoms with E-state index < -0.39 is 52.2 Å². The van der Waals surface area contributed by atoms with Gasteiger partial charge in [-0.05, 0) is 61.2 Å². The Morgan fingerprint density at radius 2 is 1.39 bits per heavy atom. The average Bonchev–Trinajstić information content (AvgIpc) is 2.74. The molecule has 1 saturated carbocycles. The second kappa shape index (κ2) is 8.79. The number of nitrogens with one attached hydrogen (secondary N) is 1. The Kier molecular flexibility index (Phi) is 6.59. The molecule has 0 heterocycles. The second-order valence-corrected chi connectivity index (χ2v) is 8.18. The summed E-state index contributed by atoms with van der Waals surface area (Å²) in [6, 6.07) is 6.25. The number of alkyl halides is 6. The average molecular weight is 475 g/mol. The van der Waals surface area contributed by atoms with Gasteiger partial charge in [-0.1, -0.05) is 12.1 Å². The Morgan fingerprint density at radius 3 is 1.85 bits per heavy atom. The van der Waals surface area contributed by atoms with Crippen molar-refractivity contribution in [3.63, 3.8) is 0 Å². The lowest BCUT2D eigenvalue weighted by Gasteiger charge is -2.39. The molecule has 10 heteroatoms. The second-order valence-electron chi connectivity index (χ2n) is 8.18. The molecule has 2 aromatic rings. The monoisotopic (exact) mass is 475 g/mol. The van der Waals surface area contributed by atoms with E-state index in [1.807, 2.05) is 0 Å². The molecule has 1 fully saturated rings. The molecule has 0 saturated heterocycles. The van der Waals surface area contributed by atoms with Crippen LogP contribution in [0, 0.1) is 5.82 Å². The molecule has 2 aromatic carbocycles. The summed E-state index contributed by atoms with van der Waals surface area (Å²) in [6.07, 6.45) is -9.49. The van der Waals surface area contributed by atoms with Gasteiger partial charge in [0.2, 0.25) is 5.91 Å². The predicted molar refractivity (Wildman–Crippen MR) is 105 cm³/mol. The number of amides is 1. The standard InChI is InChI=1S/C23H20F7NO2/c1-13(14-10-16(22(25,26)27)12-17(11-14)23(28,29)30)20(33)31-21(8-6-19(32)7-9-21)15-2-4-18(24)5-3-15/h2-5,10-13H,6-9H2,1H3,(H,31,33). The summed E-state index contributed by atoms with van der Waals surface area (Å²) in [4.78, 5) is 24.8. The van der Waals surface area contributed by atoms with Crippen molar-refractivity contribution >= 4 is 11.7 Å². The lowest BCUT2D eigenvalue weighted by Crippen LogP contribution is -2.49. The molecule has 1 atom stereocenters. The van der Waals surface area contributed by atoms with E-state index in [1.54, 1.807) is 0 Å². The Morgan fingerprint density at radius 1 is 0.909 bits per heavy atom. The molecular weight excluding hydrogens is 455 g/mol. The van der Waals surface area contributed by atoms with Crippen molar-refractivity contribution in [2.24, 2.45) is 0 Å². The number of rotatable bonds is 4. The molecule has 1 amide bonds. The van der Waals surface area contributed by atoms with Gasteiger partial charge in [0.05, 0.1) is 22.6 Å². The van der Waals surface area contributed by atoms with E-state index in [2.05, 4.69) is 5.32 Å². The van der Waals surface area contributed by atoms with E-state index in [0.717, 1.165) is 0 Å². The summed E-state index contributed by atoms with van der Waals surface area (Å²) in [5, 5.41) is 2.73. The molecule has 0 bridgehead atoms. The van der Waals surface area contributed by atoms with Crippen LogP contribution >= 0.6 is 0 Å². The number of hydrogen-bond donors (Lipinski definition) is 1. The van der Waals surface area contributed by atoms with Gasteiger partial charge in [-0.15, -0.1) is 0 Å². The van der Waals surface area contributed by atoms with Crippen LogP contribution in [-0.2, 0) is 27.5 Å². The summed E-state index contributed by atoms with van der Waals surface area (Å²) in [5.74, 6) is -2.73.